The number of carbonyl (C=O) groups excluding carboxylic acids is 2. The van der Waals surface area contributed by atoms with Gasteiger partial charge in [-0.3, -0.25) is 4.79 Å². The molecule has 1 atom stereocenters. The summed E-state index contributed by atoms with van der Waals surface area (Å²) in [5.41, 5.74) is 9.00. The summed E-state index contributed by atoms with van der Waals surface area (Å²) in [5, 5.41) is 8.49. The Balaban J connectivity index is 1.41. The van der Waals surface area contributed by atoms with Crippen molar-refractivity contribution in [2.75, 3.05) is 6.61 Å². The van der Waals surface area contributed by atoms with Gasteiger partial charge < -0.3 is 14.1 Å². The third kappa shape index (κ3) is 7.96. The first kappa shape index (κ1) is 38.1. The standard InChI is InChI=1S/C49H54N2O4/c1-7-9-14-35(8-2)29-51-45-24-21-38(47(50-55-34(6)52)37-19-22-39(23-20-37)54-30-36-15-10-11-16-36)27-42(45)43-28-44(40-17-12-13-18-41(40)48(43)51)49(53)46-32(4)25-31(3)26-33(46)5/h12-13,17-28,35-36H,7-11,14-16,29-30H2,1-6H3/b50-47-. The molecule has 1 fully saturated rings. The van der Waals surface area contributed by atoms with Crippen LogP contribution in [0.25, 0.3) is 32.6 Å². The van der Waals surface area contributed by atoms with Crippen molar-refractivity contribution in [2.45, 2.75) is 99.5 Å². The molecule has 6 nitrogen and oxygen atoms in total. The molecule has 0 aliphatic heterocycles. The molecule has 1 aliphatic rings. The van der Waals surface area contributed by atoms with Crippen LogP contribution < -0.4 is 4.74 Å². The van der Waals surface area contributed by atoms with Crippen LogP contribution in [-0.2, 0) is 16.2 Å². The van der Waals surface area contributed by atoms with Gasteiger partial charge in [-0.1, -0.05) is 99.1 Å². The zero-order valence-electron chi connectivity index (χ0n) is 33.3. The van der Waals surface area contributed by atoms with Crippen LogP contribution in [0.3, 0.4) is 0 Å². The van der Waals surface area contributed by atoms with Crippen LogP contribution in [0.2, 0.25) is 0 Å². The van der Waals surface area contributed by atoms with E-state index in [-0.39, 0.29) is 5.78 Å². The number of ether oxygens (including phenoxy) is 1. The molecule has 1 aliphatic carbocycles. The van der Waals surface area contributed by atoms with Gasteiger partial charge in [0.25, 0.3) is 0 Å². The van der Waals surface area contributed by atoms with E-state index < -0.39 is 5.97 Å². The Morgan fingerprint density at radius 3 is 2.18 bits per heavy atom. The SMILES string of the molecule is CCCCC(CC)Cn1c2ccc(/C(=N\OC(C)=O)c3ccc(OCC4CCCC4)cc3)cc2c2cc(C(=O)c3c(C)cc(C)cc3C)c3ccccc3c21. The molecule has 0 radical (unpaired) electrons. The third-order valence-electron chi connectivity index (χ3n) is 11.6. The van der Waals surface area contributed by atoms with Crippen molar-refractivity contribution in [2.24, 2.45) is 17.0 Å². The smallest absolute Gasteiger partial charge is 0.332 e. The molecule has 0 bridgehead atoms. The number of carbonyl (C=O) groups is 2. The fraction of sp³-hybridized carbons (Fsp3) is 0.367. The van der Waals surface area contributed by atoms with Crippen molar-refractivity contribution in [1.29, 1.82) is 0 Å². The van der Waals surface area contributed by atoms with E-state index in [9.17, 15) is 9.59 Å². The molecule has 55 heavy (non-hydrogen) atoms. The molecule has 0 saturated heterocycles. The molecule has 1 unspecified atom stereocenters. The van der Waals surface area contributed by atoms with Crippen molar-refractivity contribution < 1.29 is 19.2 Å². The number of rotatable bonds is 14. The second-order valence-corrected chi connectivity index (χ2v) is 15.7. The Morgan fingerprint density at radius 2 is 1.51 bits per heavy atom. The second-order valence-electron chi connectivity index (χ2n) is 15.7. The summed E-state index contributed by atoms with van der Waals surface area (Å²) < 4.78 is 8.65. The fourth-order valence-corrected chi connectivity index (χ4v) is 8.82. The molecule has 7 rings (SSSR count). The highest BCUT2D eigenvalue weighted by molar-refractivity contribution is 6.27. The van der Waals surface area contributed by atoms with Crippen molar-refractivity contribution in [3.8, 4) is 5.75 Å². The van der Waals surface area contributed by atoms with Crippen molar-refractivity contribution in [3.63, 3.8) is 0 Å². The Hall–Kier alpha value is -5.23. The number of unbranched alkanes of at least 4 members (excludes halogenated alkanes) is 1. The summed E-state index contributed by atoms with van der Waals surface area (Å²) in [7, 11) is 0. The lowest BCUT2D eigenvalue weighted by molar-refractivity contribution is -0.140. The van der Waals surface area contributed by atoms with E-state index in [0.717, 1.165) is 104 Å². The molecule has 1 saturated carbocycles. The van der Waals surface area contributed by atoms with Gasteiger partial charge in [0, 0.05) is 57.4 Å². The highest BCUT2D eigenvalue weighted by Crippen LogP contribution is 2.39. The van der Waals surface area contributed by atoms with E-state index in [2.05, 4.69) is 85.1 Å². The van der Waals surface area contributed by atoms with Crippen LogP contribution in [0.4, 0.5) is 0 Å². The van der Waals surface area contributed by atoms with E-state index >= 15 is 0 Å². The zero-order chi connectivity index (χ0) is 38.6. The molecular formula is C49H54N2O4. The van der Waals surface area contributed by atoms with E-state index in [0.29, 0.717) is 23.1 Å². The normalized spacial score (nSPS) is 14.3. The Kier molecular flexibility index (Phi) is 11.5. The maximum Gasteiger partial charge on any atom is 0.332 e. The average Bonchev–Trinajstić information content (AvgIpc) is 3.81. The molecule has 284 valence electrons. The summed E-state index contributed by atoms with van der Waals surface area (Å²) in [6.07, 6.45) is 9.61. The molecule has 1 aromatic heterocycles. The van der Waals surface area contributed by atoms with Gasteiger partial charge in [0.1, 0.15) is 11.5 Å². The number of nitrogens with zero attached hydrogens (tertiary/aromatic N) is 2. The van der Waals surface area contributed by atoms with Crippen molar-refractivity contribution >= 4 is 50.0 Å². The molecule has 0 spiro atoms. The molecule has 5 aromatic carbocycles. The zero-order valence-corrected chi connectivity index (χ0v) is 33.3. The number of oxime groups is 1. The predicted octanol–water partition coefficient (Wildman–Crippen LogP) is 12.2. The van der Waals surface area contributed by atoms with Gasteiger partial charge in [-0.05, 0) is 111 Å². The van der Waals surface area contributed by atoms with Crippen LogP contribution in [0.5, 0.6) is 5.75 Å². The first-order valence-electron chi connectivity index (χ1n) is 20.3. The van der Waals surface area contributed by atoms with Gasteiger partial charge in [-0.15, -0.1) is 0 Å². The third-order valence-corrected chi connectivity index (χ3v) is 11.6. The molecule has 6 heteroatoms. The topological polar surface area (TPSA) is 69.9 Å². The highest BCUT2D eigenvalue weighted by Gasteiger charge is 2.24. The second kappa shape index (κ2) is 16.6. The number of fused-ring (bicyclic) bond motifs is 5. The minimum atomic E-state index is -0.485. The maximum atomic E-state index is 14.7. The largest absolute Gasteiger partial charge is 0.493 e. The molecular weight excluding hydrogens is 681 g/mol. The highest BCUT2D eigenvalue weighted by atomic mass is 16.7. The molecule has 6 aromatic rings. The average molecular weight is 735 g/mol. The van der Waals surface area contributed by atoms with Gasteiger partial charge >= 0.3 is 5.97 Å². The van der Waals surface area contributed by atoms with E-state index in [1.54, 1.807) is 0 Å². The van der Waals surface area contributed by atoms with E-state index in [1.807, 2.05) is 44.2 Å². The Morgan fingerprint density at radius 1 is 0.818 bits per heavy atom. The number of hydrogen-bond acceptors (Lipinski definition) is 5. The summed E-state index contributed by atoms with van der Waals surface area (Å²) in [5.74, 6) is 1.49. The van der Waals surface area contributed by atoms with Crippen LogP contribution >= 0.6 is 0 Å². The van der Waals surface area contributed by atoms with Crippen molar-refractivity contribution in [3.05, 3.63) is 124 Å². The first-order valence-corrected chi connectivity index (χ1v) is 20.3. The maximum absolute atomic E-state index is 14.7. The van der Waals surface area contributed by atoms with Gasteiger partial charge in [0.2, 0.25) is 0 Å². The Bertz CT molecular complexity index is 2370. The van der Waals surface area contributed by atoms with Crippen LogP contribution in [0, 0.1) is 32.6 Å². The number of ketones is 1. The summed E-state index contributed by atoms with van der Waals surface area (Å²) in [4.78, 5) is 32.1. The Labute approximate surface area is 325 Å². The minimum Gasteiger partial charge on any atom is -0.493 e. The quantitative estimate of drug-likeness (QED) is 0.0483. The van der Waals surface area contributed by atoms with E-state index in [1.165, 1.54) is 39.0 Å². The lowest BCUT2D eigenvalue weighted by Crippen LogP contribution is -2.11. The molecule has 1 heterocycles. The fourth-order valence-electron chi connectivity index (χ4n) is 8.82. The van der Waals surface area contributed by atoms with Gasteiger partial charge in [0.05, 0.1) is 12.1 Å². The summed E-state index contributed by atoms with van der Waals surface area (Å²) in [6.45, 7) is 13.7. The molecule has 0 amide bonds. The number of benzene rings is 5. The first-order chi connectivity index (χ1) is 26.7. The van der Waals surface area contributed by atoms with Crippen LogP contribution in [0.1, 0.15) is 116 Å². The van der Waals surface area contributed by atoms with Crippen molar-refractivity contribution in [1.82, 2.24) is 4.57 Å². The summed E-state index contributed by atoms with van der Waals surface area (Å²) >= 11 is 0. The lowest BCUT2D eigenvalue weighted by Gasteiger charge is -2.19. The number of aryl methyl sites for hydroxylation is 3. The minimum absolute atomic E-state index is 0.0342. The monoisotopic (exact) mass is 734 g/mol. The predicted molar refractivity (Wildman–Crippen MR) is 226 cm³/mol. The lowest BCUT2D eigenvalue weighted by atomic mass is 9.89. The van der Waals surface area contributed by atoms with Crippen LogP contribution in [-0.4, -0.2) is 28.6 Å². The molecule has 0 N–H and O–H groups in total. The number of hydrogen-bond donors (Lipinski definition) is 0. The van der Waals surface area contributed by atoms with Crippen LogP contribution in [0.15, 0.2) is 90.1 Å². The summed E-state index contributed by atoms with van der Waals surface area (Å²) in [6, 6.07) is 29.0. The van der Waals surface area contributed by atoms with Gasteiger partial charge in [-0.25, -0.2) is 4.79 Å². The number of aromatic nitrogens is 1. The van der Waals surface area contributed by atoms with Gasteiger partial charge in [0.15, 0.2) is 5.78 Å². The van der Waals surface area contributed by atoms with Gasteiger partial charge in [-0.2, -0.15) is 0 Å². The van der Waals surface area contributed by atoms with E-state index in [4.69, 9.17) is 9.57 Å².